The molecule has 0 amide bonds. The lowest BCUT2D eigenvalue weighted by atomic mass is 10.1. The lowest BCUT2D eigenvalue weighted by Crippen LogP contribution is -1.89. The van der Waals surface area contributed by atoms with Gasteiger partial charge in [0, 0.05) is 24.5 Å². The number of benzene rings is 2. The van der Waals surface area contributed by atoms with Crippen LogP contribution in [0.4, 0.5) is 0 Å². The van der Waals surface area contributed by atoms with Crippen LogP contribution in [-0.2, 0) is 0 Å². The minimum Gasteiger partial charge on any atom is -0.0800 e. The topological polar surface area (TPSA) is 0 Å². The standard InChI is InChI=1S/C23H18S5/c1-15-20(25-27-22(15)17-9-5-3-6-10-17)13-19(24)14-21-16(2)23(28-26-21)18-11-7-4-8-12-18/h3-14H,1-2H3/b20-13-,21-14+. The first-order valence-corrected chi connectivity index (χ1v) is 13.5. The molecule has 2 heterocycles. The summed E-state index contributed by atoms with van der Waals surface area (Å²) in [6.07, 6.45) is 4.29. The van der Waals surface area contributed by atoms with Gasteiger partial charge in [-0.2, -0.15) is 0 Å². The van der Waals surface area contributed by atoms with Gasteiger partial charge in [0.2, 0.25) is 0 Å². The van der Waals surface area contributed by atoms with Gasteiger partial charge in [-0.15, -0.1) is 0 Å². The molecule has 0 atom stereocenters. The van der Waals surface area contributed by atoms with Crippen LogP contribution in [0.25, 0.3) is 9.81 Å². The SMILES string of the molecule is CC1=C(c2ccccc2)SS/C1=C\C(=S)/C=C1/SSC(c2ccccc2)=C1C. The summed E-state index contributed by atoms with van der Waals surface area (Å²) in [6, 6.07) is 21.1. The molecular formula is C23H18S5. The van der Waals surface area contributed by atoms with E-state index in [1.807, 2.05) is 21.6 Å². The Labute approximate surface area is 187 Å². The summed E-state index contributed by atoms with van der Waals surface area (Å²) >= 11 is 5.70. The predicted octanol–water partition coefficient (Wildman–Crippen LogP) is 8.78. The molecule has 0 spiro atoms. The highest BCUT2D eigenvalue weighted by Crippen LogP contribution is 2.55. The van der Waals surface area contributed by atoms with E-state index >= 15 is 0 Å². The Bertz CT molecular complexity index is 944. The van der Waals surface area contributed by atoms with E-state index in [9.17, 15) is 0 Å². The lowest BCUT2D eigenvalue weighted by Gasteiger charge is -2.02. The molecule has 5 heteroatoms. The van der Waals surface area contributed by atoms with Crippen molar-refractivity contribution in [2.45, 2.75) is 13.8 Å². The smallest absolute Gasteiger partial charge is 0.0400 e. The molecule has 0 nitrogen and oxygen atoms in total. The molecule has 0 N–H and O–H groups in total. The van der Waals surface area contributed by atoms with Crippen molar-refractivity contribution in [2.75, 3.05) is 0 Å². The van der Waals surface area contributed by atoms with E-state index in [2.05, 4.69) is 86.7 Å². The molecule has 2 aromatic rings. The normalized spacial score (nSPS) is 19.9. The van der Waals surface area contributed by atoms with Crippen LogP contribution in [0.2, 0.25) is 0 Å². The molecule has 0 fully saturated rings. The highest BCUT2D eigenvalue weighted by Gasteiger charge is 2.21. The monoisotopic (exact) mass is 454 g/mol. The summed E-state index contributed by atoms with van der Waals surface area (Å²) < 4.78 is 0. The van der Waals surface area contributed by atoms with E-state index in [-0.39, 0.29) is 0 Å². The second kappa shape index (κ2) is 9.14. The van der Waals surface area contributed by atoms with Crippen LogP contribution >= 0.6 is 55.4 Å². The van der Waals surface area contributed by atoms with Crippen LogP contribution in [0.1, 0.15) is 25.0 Å². The summed E-state index contributed by atoms with van der Waals surface area (Å²) in [5.41, 5.74) is 5.18. The van der Waals surface area contributed by atoms with Crippen molar-refractivity contribution in [3.8, 4) is 0 Å². The van der Waals surface area contributed by atoms with Crippen molar-refractivity contribution in [1.29, 1.82) is 0 Å². The van der Waals surface area contributed by atoms with Gasteiger partial charge in [0.05, 0.1) is 0 Å². The third kappa shape index (κ3) is 4.39. The molecule has 2 aliphatic rings. The molecule has 0 aliphatic carbocycles. The van der Waals surface area contributed by atoms with Crippen molar-refractivity contribution >= 4 is 70.1 Å². The lowest BCUT2D eigenvalue weighted by molar-refractivity contribution is 1.52. The maximum absolute atomic E-state index is 5.70. The summed E-state index contributed by atoms with van der Waals surface area (Å²) in [4.78, 5) is 6.06. The Kier molecular flexibility index (Phi) is 6.59. The van der Waals surface area contributed by atoms with E-state index < -0.39 is 0 Å². The van der Waals surface area contributed by atoms with E-state index in [0.717, 1.165) is 4.86 Å². The van der Waals surface area contributed by atoms with Gasteiger partial charge in [-0.1, -0.05) is 116 Å². The van der Waals surface area contributed by atoms with Crippen molar-refractivity contribution in [3.05, 3.63) is 105 Å². The molecular weight excluding hydrogens is 437 g/mol. The largest absolute Gasteiger partial charge is 0.0800 e. The maximum atomic E-state index is 5.70. The van der Waals surface area contributed by atoms with Crippen molar-refractivity contribution in [3.63, 3.8) is 0 Å². The van der Waals surface area contributed by atoms with Gasteiger partial charge in [0.15, 0.2) is 0 Å². The highest BCUT2D eigenvalue weighted by atomic mass is 33.1. The summed E-state index contributed by atoms with van der Waals surface area (Å²) in [6.45, 7) is 4.38. The van der Waals surface area contributed by atoms with E-state index in [0.29, 0.717) is 0 Å². The zero-order valence-electron chi connectivity index (χ0n) is 15.5. The molecule has 0 radical (unpaired) electrons. The Morgan fingerprint density at radius 3 is 1.43 bits per heavy atom. The average molecular weight is 455 g/mol. The first kappa shape index (κ1) is 20.2. The molecule has 0 aromatic heterocycles. The van der Waals surface area contributed by atoms with E-state index in [1.54, 1.807) is 21.6 Å². The fraction of sp³-hybridized carbons (Fsp3) is 0.0870. The van der Waals surface area contributed by atoms with Crippen molar-refractivity contribution in [2.24, 2.45) is 0 Å². The van der Waals surface area contributed by atoms with Gasteiger partial charge < -0.3 is 0 Å². The Hall–Kier alpha value is -1.11. The van der Waals surface area contributed by atoms with Crippen LogP contribution in [0.3, 0.4) is 0 Å². The van der Waals surface area contributed by atoms with Crippen LogP contribution in [0.15, 0.2) is 93.8 Å². The molecule has 0 saturated carbocycles. The summed E-state index contributed by atoms with van der Waals surface area (Å²) in [5.74, 6) is 0. The van der Waals surface area contributed by atoms with Gasteiger partial charge in [0.25, 0.3) is 0 Å². The predicted molar refractivity (Wildman–Crippen MR) is 137 cm³/mol. The number of thiocarbonyl (C=S) groups is 1. The van der Waals surface area contributed by atoms with E-state index in [1.165, 1.54) is 41.9 Å². The first-order chi connectivity index (χ1) is 13.6. The molecule has 0 bridgehead atoms. The van der Waals surface area contributed by atoms with Gasteiger partial charge in [0.1, 0.15) is 0 Å². The Morgan fingerprint density at radius 1 is 0.643 bits per heavy atom. The molecule has 4 rings (SSSR count). The van der Waals surface area contributed by atoms with Crippen molar-refractivity contribution < 1.29 is 0 Å². The average Bonchev–Trinajstić information content (AvgIpc) is 3.26. The molecule has 28 heavy (non-hydrogen) atoms. The minimum atomic E-state index is 0.883. The highest BCUT2D eigenvalue weighted by molar-refractivity contribution is 8.82. The van der Waals surface area contributed by atoms with E-state index in [4.69, 9.17) is 12.2 Å². The maximum Gasteiger partial charge on any atom is 0.0400 e. The quantitative estimate of drug-likeness (QED) is 0.256. The third-order valence-electron chi connectivity index (χ3n) is 4.47. The Morgan fingerprint density at radius 2 is 1.04 bits per heavy atom. The number of allylic oxidation sites excluding steroid dienone is 4. The zero-order valence-corrected chi connectivity index (χ0v) is 19.6. The fourth-order valence-corrected chi connectivity index (χ4v) is 8.92. The Balaban J connectivity index is 1.56. The molecule has 2 aromatic carbocycles. The van der Waals surface area contributed by atoms with Crippen molar-refractivity contribution in [1.82, 2.24) is 0 Å². The molecule has 0 saturated heterocycles. The molecule has 2 aliphatic heterocycles. The van der Waals surface area contributed by atoms with Gasteiger partial charge in [-0.3, -0.25) is 0 Å². The second-order valence-corrected chi connectivity index (χ2v) is 11.2. The van der Waals surface area contributed by atoms with Crippen LogP contribution in [-0.4, -0.2) is 4.86 Å². The van der Waals surface area contributed by atoms with Crippen LogP contribution in [0, 0.1) is 0 Å². The van der Waals surface area contributed by atoms with Gasteiger partial charge >= 0.3 is 0 Å². The fourth-order valence-electron chi connectivity index (χ4n) is 2.92. The second-order valence-electron chi connectivity index (χ2n) is 6.39. The summed E-state index contributed by atoms with van der Waals surface area (Å²) in [7, 11) is 7.25. The zero-order chi connectivity index (χ0) is 19.5. The van der Waals surface area contributed by atoms with Gasteiger partial charge in [-0.05, 0) is 48.3 Å². The third-order valence-corrected chi connectivity index (χ3v) is 10.1. The van der Waals surface area contributed by atoms with Gasteiger partial charge in [-0.25, -0.2) is 0 Å². The molecule has 140 valence electrons. The number of hydrogen-bond acceptors (Lipinski definition) is 5. The number of rotatable bonds is 4. The number of hydrogen-bond donors (Lipinski definition) is 0. The molecule has 0 unspecified atom stereocenters. The minimum absolute atomic E-state index is 0.883. The first-order valence-electron chi connectivity index (χ1n) is 8.83. The van der Waals surface area contributed by atoms with Crippen LogP contribution < -0.4 is 0 Å². The summed E-state index contributed by atoms with van der Waals surface area (Å²) in [5, 5.41) is 0. The van der Waals surface area contributed by atoms with Crippen LogP contribution in [0.5, 0.6) is 0 Å².